The minimum absolute atomic E-state index is 0.0407. The number of nitrogens with zero attached hydrogens (tertiary/aromatic N) is 3. The van der Waals surface area contributed by atoms with Crippen molar-refractivity contribution in [1.82, 2.24) is 20.4 Å². The van der Waals surface area contributed by atoms with Crippen LogP contribution in [-0.4, -0.2) is 33.2 Å². The van der Waals surface area contributed by atoms with Crippen LogP contribution in [0.15, 0.2) is 48.8 Å². The van der Waals surface area contributed by atoms with Crippen LogP contribution in [0.3, 0.4) is 0 Å². The maximum Gasteiger partial charge on any atom is 0.288 e. The molecular weight excluding hydrogens is 439 g/mol. The van der Waals surface area contributed by atoms with Crippen LogP contribution >= 0.6 is 0 Å². The molecule has 0 atom stereocenters. The zero-order valence-corrected chi connectivity index (χ0v) is 17.6. The van der Waals surface area contributed by atoms with Gasteiger partial charge in [0.1, 0.15) is 11.5 Å². The van der Waals surface area contributed by atoms with Crippen molar-refractivity contribution in [2.24, 2.45) is 0 Å². The third kappa shape index (κ3) is 6.63. The second kappa shape index (κ2) is 9.94. The van der Waals surface area contributed by atoms with Gasteiger partial charge in [-0.1, -0.05) is 12.1 Å². The van der Waals surface area contributed by atoms with Gasteiger partial charge in [-0.05, 0) is 31.2 Å². The minimum atomic E-state index is -2.97. The van der Waals surface area contributed by atoms with Crippen LogP contribution in [-0.2, 0) is 10.7 Å². The van der Waals surface area contributed by atoms with Crippen LogP contribution in [0.1, 0.15) is 29.9 Å². The fraction of sp³-hybridized carbons (Fsp3) is 0.190. The fourth-order valence-electron chi connectivity index (χ4n) is 2.58. The summed E-state index contributed by atoms with van der Waals surface area (Å²) >= 11 is 0. The average molecular weight is 459 g/mol. The van der Waals surface area contributed by atoms with Gasteiger partial charge in [-0.15, -0.1) is 0 Å². The molecule has 12 heteroatoms. The summed E-state index contributed by atoms with van der Waals surface area (Å²) in [6, 6.07) is 8.76. The maximum atomic E-state index is 13.7. The number of halogens is 3. The summed E-state index contributed by atoms with van der Waals surface area (Å²) in [6.07, 6.45) is 2.25. The Morgan fingerprint density at radius 1 is 1.06 bits per heavy atom. The zero-order chi connectivity index (χ0) is 24.0. The molecule has 3 rings (SSSR count). The van der Waals surface area contributed by atoms with E-state index in [1.54, 1.807) is 12.1 Å². The van der Waals surface area contributed by atoms with E-state index in [1.807, 2.05) is 0 Å². The summed E-state index contributed by atoms with van der Waals surface area (Å²) in [5.41, 5.74) is 5.59. The number of hydrogen-bond donors (Lipinski definition) is 4. The number of nitrogens with one attached hydrogen (secondary N) is 4. The first-order valence-corrected chi connectivity index (χ1v) is 9.65. The van der Waals surface area contributed by atoms with Gasteiger partial charge in [0.15, 0.2) is 11.6 Å². The van der Waals surface area contributed by atoms with E-state index in [9.17, 15) is 22.8 Å². The molecule has 0 spiro atoms. The Bertz CT molecular complexity index is 1150. The summed E-state index contributed by atoms with van der Waals surface area (Å²) in [7, 11) is 0. The van der Waals surface area contributed by atoms with Gasteiger partial charge < -0.3 is 10.6 Å². The Hall–Kier alpha value is -4.22. The normalized spacial score (nSPS) is 10.9. The highest BCUT2D eigenvalue weighted by molar-refractivity contribution is 5.93. The zero-order valence-electron chi connectivity index (χ0n) is 17.6. The standard InChI is InChI=1S/C21H20F3N7O2/c1-12(32)9-26-18-16(22)11-27-20(29-18)31-30-19(33)17-7-6-15(10-25-17)28-14-5-3-4-13(8-14)21(2,23)24/h3-8,10-11,28H,9H2,1-2H3,(H,30,33)(H2,26,27,29,31). The first-order chi connectivity index (χ1) is 15.6. The van der Waals surface area contributed by atoms with E-state index in [1.165, 1.54) is 37.4 Å². The van der Waals surface area contributed by atoms with Crippen molar-refractivity contribution in [2.75, 3.05) is 22.6 Å². The Morgan fingerprint density at radius 3 is 2.52 bits per heavy atom. The van der Waals surface area contributed by atoms with E-state index in [4.69, 9.17) is 0 Å². The Balaban J connectivity index is 1.60. The number of hydrazine groups is 1. The van der Waals surface area contributed by atoms with Crippen LogP contribution in [0.4, 0.5) is 36.3 Å². The fourth-order valence-corrected chi connectivity index (χ4v) is 2.58. The average Bonchev–Trinajstić information content (AvgIpc) is 2.77. The largest absolute Gasteiger partial charge is 0.360 e. The van der Waals surface area contributed by atoms with Crippen LogP contribution in [0, 0.1) is 5.82 Å². The lowest BCUT2D eigenvalue weighted by atomic mass is 10.1. The van der Waals surface area contributed by atoms with E-state index >= 15 is 0 Å². The highest BCUT2D eigenvalue weighted by atomic mass is 19.3. The van der Waals surface area contributed by atoms with E-state index < -0.39 is 17.6 Å². The molecule has 0 aliphatic heterocycles. The predicted molar refractivity (Wildman–Crippen MR) is 116 cm³/mol. The maximum absolute atomic E-state index is 13.7. The van der Waals surface area contributed by atoms with Crippen LogP contribution < -0.4 is 21.5 Å². The predicted octanol–water partition coefficient (Wildman–Crippen LogP) is 3.62. The Kier molecular flexibility index (Phi) is 7.06. The lowest BCUT2D eigenvalue weighted by Gasteiger charge is -2.13. The van der Waals surface area contributed by atoms with E-state index in [0.29, 0.717) is 11.4 Å². The lowest BCUT2D eigenvalue weighted by molar-refractivity contribution is -0.115. The second-order valence-corrected chi connectivity index (χ2v) is 7.05. The summed E-state index contributed by atoms with van der Waals surface area (Å²) < 4.78 is 40.7. The third-order valence-electron chi connectivity index (χ3n) is 4.19. The first kappa shape index (κ1) is 23.4. The molecule has 0 unspecified atom stereocenters. The number of carbonyl (C=O) groups excluding carboxylic acids is 2. The molecule has 0 fully saturated rings. The summed E-state index contributed by atoms with van der Waals surface area (Å²) in [4.78, 5) is 34.9. The molecule has 0 saturated heterocycles. The number of anilines is 4. The molecule has 3 aromatic rings. The quantitative estimate of drug-likeness (QED) is 0.358. The van der Waals surface area contributed by atoms with Crippen molar-refractivity contribution in [1.29, 1.82) is 0 Å². The van der Waals surface area contributed by atoms with Gasteiger partial charge in [0.05, 0.1) is 24.6 Å². The summed E-state index contributed by atoms with van der Waals surface area (Å²) in [5.74, 6) is -4.87. The highest BCUT2D eigenvalue weighted by Crippen LogP contribution is 2.29. The Morgan fingerprint density at radius 2 is 1.85 bits per heavy atom. The van der Waals surface area contributed by atoms with Crippen LogP contribution in [0.5, 0.6) is 0 Å². The molecule has 4 N–H and O–H groups in total. The molecular formula is C21H20F3N7O2. The van der Waals surface area contributed by atoms with E-state index in [2.05, 4.69) is 36.4 Å². The monoisotopic (exact) mass is 459 g/mol. The summed E-state index contributed by atoms with van der Waals surface area (Å²) in [5, 5.41) is 5.46. The van der Waals surface area contributed by atoms with Crippen molar-refractivity contribution in [3.63, 3.8) is 0 Å². The number of pyridine rings is 1. The molecule has 0 aliphatic carbocycles. The second-order valence-electron chi connectivity index (χ2n) is 7.05. The number of rotatable bonds is 9. The van der Waals surface area contributed by atoms with Crippen LogP contribution in [0.25, 0.3) is 0 Å². The number of aromatic nitrogens is 3. The molecule has 1 amide bonds. The van der Waals surface area contributed by atoms with Gasteiger partial charge >= 0.3 is 0 Å². The number of benzene rings is 1. The molecule has 0 bridgehead atoms. The number of ketones is 1. The topological polar surface area (TPSA) is 121 Å². The molecule has 2 heterocycles. The van der Waals surface area contributed by atoms with Gasteiger partial charge in [0.2, 0.25) is 5.95 Å². The molecule has 33 heavy (non-hydrogen) atoms. The highest BCUT2D eigenvalue weighted by Gasteiger charge is 2.24. The molecule has 2 aromatic heterocycles. The van der Waals surface area contributed by atoms with Crippen molar-refractivity contribution >= 4 is 34.8 Å². The minimum Gasteiger partial charge on any atom is -0.360 e. The third-order valence-corrected chi connectivity index (χ3v) is 4.19. The lowest BCUT2D eigenvalue weighted by Crippen LogP contribution is -2.31. The van der Waals surface area contributed by atoms with Gasteiger partial charge in [0.25, 0.3) is 11.8 Å². The van der Waals surface area contributed by atoms with Gasteiger partial charge in [-0.2, -0.15) is 4.98 Å². The van der Waals surface area contributed by atoms with Gasteiger partial charge in [-0.3, -0.25) is 20.4 Å². The molecule has 172 valence electrons. The number of alkyl halides is 2. The van der Waals surface area contributed by atoms with Crippen molar-refractivity contribution in [3.8, 4) is 0 Å². The van der Waals surface area contributed by atoms with E-state index in [0.717, 1.165) is 13.1 Å². The van der Waals surface area contributed by atoms with Gasteiger partial charge in [-0.25, -0.2) is 23.1 Å². The number of carbonyl (C=O) groups is 2. The molecule has 0 saturated carbocycles. The molecule has 0 aliphatic rings. The first-order valence-electron chi connectivity index (χ1n) is 9.65. The number of amides is 1. The van der Waals surface area contributed by atoms with Crippen molar-refractivity contribution < 1.29 is 22.8 Å². The molecule has 1 aromatic carbocycles. The molecule has 0 radical (unpaired) electrons. The van der Waals surface area contributed by atoms with Crippen LogP contribution in [0.2, 0.25) is 0 Å². The van der Waals surface area contributed by atoms with E-state index in [-0.39, 0.29) is 35.4 Å². The smallest absolute Gasteiger partial charge is 0.288 e. The number of Topliss-reactive ketones (excluding diaryl/α,β-unsaturated/α-hetero) is 1. The van der Waals surface area contributed by atoms with Crippen molar-refractivity contribution in [2.45, 2.75) is 19.8 Å². The SMILES string of the molecule is CC(=O)CNc1nc(NNC(=O)c2ccc(Nc3cccc(C(C)(F)F)c3)cn2)ncc1F. The van der Waals surface area contributed by atoms with Gasteiger partial charge in [0, 0.05) is 18.2 Å². The Labute approximate surface area is 186 Å². The number of hydrogen-bond acceptors (Lipinski definition) is 8. The van der Waals surface area contributed by atoms with Crippen molar-refractivity contribution in [3.05, 3.63) is 65.9 Å². The molecule has 9 nitrogen and oxygen atoms in total. The summed E-state index contributed by atoms with van der Waals surface area (Å²) in [6.45, 7) is 2.03.